The van der Waals surface area contributed by atoms with Crippen molar-refractivity contribution < 1.29 is 17.8 Å². The fourth-order valence-electron chi connectivity index (χ4n) is 3.75. The van der Waals surface area contributed by atoms with Crippen LogP contribution in [-0.4, -0.2) is 29.8 Å². The van der Waals surface area contributed by atoms with Crippen molar-refractivity contribution in [3.05, 3.63) is 29.8 Å². The van der Waals surface area contributed by atoms with Crippen molar-refractivity contribution >= 4 is 27.7 Å². The molecule has 0 N–H and O–H groups in total. The lowest BCUT2D eigenvalue weighted by Crippen LogP contribution is -2.27. The van der Waals surface area contributed by atoms with Gasteiger partial charge in [0.15, 0.2) is 11.0 Å². The lowest BCUT2D eigenvalue weighted by atomic mass is 9.88. The summed E-state index contributed by atoms with van der Waals surface area (Å²) >= 11 is 1.44. The van der Waals surface area contributed by atoms with Gasteiger partial charge in [-0.15, -0.1) is 0 Å². The summed E-state index contributed by atoms with van der Waals surface area (Å²) in [5, 5.41) is 0.414. The Kier molecular flexibility index (Phi) is 9.33. The molecule has 2 saturated carbocycles. The Hall–Kier alpha value is -0.850. The van der Waals surface area contributed by atoms with Gasteiger partial charge in [0.1, 0.15) is 15.9 Å². The average molecular weight is 413 g/mol. The molecule has 1 aromatic rings. The molecular weight excluding hydrogens is 380 g/mol. The maximum absolute atomic E-state index is 11.7. The summed E-state index contributed by atoms with van der Waals surface area (Å²) < 4.78 is 31.2. The molecule has 0 bridgehead atoms. The molecule has 3 rings (SSSR count). The van der Waals surface area contributed by atoms with E-state index in [2.05, 4.69) is 0 Å². The van der Waals surface area contributed by atoms with Crippen molar-refractivity contribution in [2.75, 3.05) is 5.75 Å². The molecule has 2 aliphatic carbocycles. The van der Waals surface area contributed by atoms with Crippen molar-refractivity contribution in [3.8, 4) is 0 Å². The third-order valence-electron chi connectivity index (χ3n) is 5.44. The van der Waals surface area contributed by atoms with Crippen LogP contribution >= 0.6 is 0 Å². The minimum atomic E-state index is -4.27. The van der Waals surface area contributed by atoms with E-state index in [0.717, 1.165) is 24.3 Å². The zero-order valence-corrected chi connectivity index (χ0v) is 17.9. The Morgan fingerprint density at radius 1 is 1.00 bits per heavy atom. The molecule has 27 heavy (non-hydrogen) atoms. The van der Waals surface area contributed by atoms with Crippen LogP contribution in [0.15, 0.2) is 29.2 Å². The van der Waals surface area contributed by atoms with Crippen LogP contribution < -0.4 is 0 Å². The molecule has 1 unspecified atom stereocenters. The molecule has 152 valence electrons. The van der Waals surface area contributed by atoms with Crippen molar-refractivity contribution in [1.29, 1.82) is 0 Å². The second kappa shape index (κ2) is 11.2. The second-order valence-electron chi connectivity index (χ2n) is 7.69. The number of thiol groups is 1. The zero-order chi connectivity index (χ0) is 19.7. The van der Waals surface area contributed by atoms with E-state index in [1.54, 1.807) is 12.1 Å². The fraction of sp³-hybridized carbons (Fsp3) is 0.667. The fourth-order valence-corrected chi connectivity index (χ4v) is 5.74. The Labute approximate surface area is 168 Å². The number of aryl methyl sites for hydroxylation is 1. The van der Waals surface area contributed by atoms with Gasteiger partial charge in [0.05, 0.1) is 4.90 Å². The van der Waals surface area contributed by atoms with Crippen LogP contribution in [0.1, 0.15) is 69.8 Å². The van der Waals surface area contributed by atoms with Gasteiger partial charge < -0.3 is 4.55 Å². The lowest BCUT2D eigenvalue weighted by Gasteiger charge is -2.20. The van der Waals surface area contributed by atoms with Crippen LogP contribution in [0, 0.1) is 12.8 Å². The molecule has 1 aromatic carbocycles. The molecule has 0 amide bonds. The van der Waals surface area contributed by atoms with E-state index < -0.39 is 10.1 Å². The Morgan fingerprint density at radius 3 is 2.22 bits per heavy atom. The molecule has 2 fully saturated rings. The predicted molar refractivity (Wildman–Crippen MR) is 111 cm³/mol. The monoisotopic (exact) mass is 412 g/mol. The molecule has 0 saturated heterocycles. The number of Topliss-reactive ketones (excluding diaryl/α,β-unsaturated/α-hetero) is 1. The van der Waals surface area contributed by atoms with Gasteiger partial charge in [-0.05, 0) is 56.0 Å². The Balaban J connectivity index is 0.000000208. The van der Waals surface area contributed by atoms with Crippen LogP contribution in [-0.2, 0) is 26.7 Å². The molecule has 0 aromatic heterocycles. The smallest absolute Gasteiger partial charge is 0.184 e. The Morgan fingerprint density at radius 2 is 1.63 bits per heavy atom. The van der Waals surface area contributed by atoms with Gasteiger partial charge in [-0.3, -0.25) is 4.79 Å². The van der Waals surface area contributed by atoms with E-state index in [0.29, 0.717) is 11.0 Å². The number of hydrogen-bond donors (Lipinski definition) is 0. The first kappa shape index (κ1) is 22.4. The molecule has 0 radical (unpaired) electrons. The van der Waals surface area contributed by atoms with Crippen molar-refractivity contribution in [2.24, 2.45) is 5.92 Å². The summed E-state index contributed by atoms with van der Waals surface area (Å²) in [6.45, 7) is 1.82. The van der Waals surface area contributed by atoms with E-state index in [1.807, 2.05) is 6.92 Å². The number of carbonyl (C=O) groups excluding carboxylic acids is 1. The van der Waals surface area contributed by atoms with E-state index >= 15 is 0 Å². The largest absolute Gasteiger partial charge is 0.744 e. The number of ketones is 1. The van der Waals surface area contributed by atoms with E-state index in [1.165, 1.54) is 81.0 Å². The molecule has 0 heterocycles. The molecule has 0 aliphatic heterocycles. The number of carbonyl (C=O) groups is 1. The quantitative estimate of drug-likeness (QED) is 0.413. The summed E-state index contributed by atoms with van der Waals surface area (Å²) in [5.74, 6) is 2.82. The summed E-state index contributed by atoms with van der Waals surface area (Å²) in [4.78, 5) is 11.5. The number of benzene rings is 1. The molecule has 0 spiro atoms. The highest BCUT2D eigenvalue weighted by atomic mass is 32.2. The summed E-state index contributed by atoms with van der Waals surface area (Å²) in [5.41, 5.74) is 0.928. The number of rotatable bonds is 5. The van der Waals surface area contributed by atoms with Gasteiger partial charge >= 0.3 is 0 Å². The Bertz CT molecular complexity index is 677. The van der Waals surface area contributed by atoms with Crippen molar-refractivity contribution in [2.45, 2.75) is 81.3 Å². The summed E-state index contributed by atoms with van der Waals surface area (Å²) in [7, 11) is -4.27. The first-order valence-corrected chi connectivity index (χ1v) is 12.6. The first-order valence-electron chi connectivity index (χ1n) is 10.1. The third-order valence-corrected chi connectivity index (χ3v) is 7.80. The van der Waals surface area contributed by atoms with Crippen LogP contribution in [0.25, 0.3) is 0 Å². The van der Waals surface area contributed by atoms with Crippen LogP contribution in [0.5, 0.6) is 0 Å². The zero-order valence-electron chi connectivity index (χ0n) is 16.2. The van der Waals surface area contributed by atoms with E-state index in [4.69, 9.17) is 0 Å². The lowest BCUT2D eigenvalue weighted by molar-refractivity contribution is -0.119. The standard InChI is InChI=1S/C14H24OS.C7H8O3S/c15-13-8-4-5-9-14(13)16-11-10-12-6-2-1-3-7-12;1-6-2-4-7(5-3-6)11(8,9)10/h12,14H,1-11H2;2-5H,1H3,(H,8,9,10). The molecular formula is C21H32O4S2. The van der Waals surface area contributed by atoms with Crippen molar-refractivity contribution in [3.63, 3.8) is 0 Å². The molecule has 4 nitrogen and oxygen atoms in total. The van der Waals surface area contributed by atoms with Crippen LogP contribution in [0.2, 0.25) is 0 Å². The van der Waals surface area contributed by atoms with Gasteiger partial charge in [-0.2, -0.15) is 0 Å². The normalized spacial score (nSPS) is 21.4. The topological polar surface area (TPSA) is 74.3 Å². The van der Waals surface area contributed by atoms with Crippen LogP contribution in [0.3, 0.4) is 0 Å². The maximum Gasteiger partial charge on any atom is 0.184 e. The molecule has 2 aliphatic rings. The van der Waals surface area contributed by atoms with Crippen LogP contribution in [0.4, 0.5) is 0 Å². The SMILES string of the molecule is Cc1ccc(S(=O)(=O)[O-])cc1.O=C1CCCCC1[SH+]CCC1CCCCC1. The van der Waals surface area contributed by atoms with E-state index in [-0.39, 0.29) is 4.90 Å². The van der Waals surface area contributed by atoms with Gasteiger partial charge in [0.2, 0.25) is 0 Å². The number of hydrogen-bond acceptors (Lipinski definition) is 4. The maximum atomic E-state index is 11.7. The highest BCUT2D eigenvalue weighted by Gasteiger charge is 2.28. The summed E-state index contributed by atoms with van der Waals surface area (Å²) in [6.07, 6.45) is 13.1. The first-order chi connectivity index (χ1) is 12.9. The average Bonchev–Trinajstić information content (AvgIpc) is 2.64. The highest BCUT2D eigenvalue weighted by molar-refractivity contribution is 7.85. The van der Waals surface area contributed by atoms with Gasteiger partial charge in [0, 0.05) is 12.8 Å². The third kappa shape index (κ3) is 8.36. The summed E-state index contributed by atoms with van der Waals surface area (Å²) in [6, 6.07) is 5.78. The minimum Gasteiger partial charge on any atom is -0.744 e. The highest BCUT2D eigenvalue weighted by Crippen LogP contribution is 2.27. The second-order valence-corrected chi connectivity index (χ2v) is 10.5. The minimum absolute atomic E-state index is 0.178. The van der Waals surface area contributed by atoms with Crippen molar-refractivity contribution in [1.82, 2.24) is 0 Å². The van der Waals surface area contributed by atoms with Gasteiger partial charge in [-0.1, -0.05) is 49.8 Å². The van der Waals surface area contributed by atoms with Gasteiger partial charge in [0.25, 0.3) is 0 Å². The molecule has 6 heteroatoms. The van der Waals surface area contributed by atoms with E-state index in [9.17, 15) is 17.8 Å². The molecule has 1 atom stereocenters. The van der Waals surface area contributed by atoms with Gasteiger partial charge in [-0.25, -0.2) is 8.42 Å². The predicted octanol–water partition coefficient (Wildman–Crippen LogP) is 4.18.